The van der Waals surface area contributed by atoms with Crippen LogP contribution in [0.3, 0.4) is 0 Å². The molecule has 0 saturated heterocycles. The smallest absolute Gasteiger partial charge is 0.220 e. The number of para-hydroxylation sites is 1. The van der Waals surface area contributed by atoms with Crippen molar-refractivity contribution in [1.29, 1.82) is 0 Å². The summed E-state index contributed by atoms with van der Waals surface area (Å²) in [5.74, 6) is 0.0626. The quantitative estimate of drug-likeness (QED) is 0.723. The Hall–Kier alpha value is -2.88. The molecule has 0 aliphatic rings. The summed E-state index contributed by atoms with van der Waals surface area (Å²) in [4.78, 5) is 12.4. The van der Waals surface area contributed by atoms with Crippen molar-refractivity contribution in [2.45, 2.75) is 39.7 Å². The third-order valence-electron chi connectivity index (χ3n) is 4.72. The Bertz CT molecular complexity index is 869. The van der Waals surface area contributed by atoms with Crippen LogP contribution < -0.4 is 5.32 Å². The van der Waals surface area contributed by atoms with E-state index in [4.69, 9.17) is 0 Å². The van der Waals surface area contributed by atoms with E-state index in [0.29, 0.717) is 12.8 Å². The van der Waals surface area contributed by atoms with Crippen molar-refractivity contribution in [3.05, 3.63) is 83.2 Å². The van der Waals surface area contributed by atoms with Gasteiger partial charge in [0.2, 0.25) is 5.91 Å². The first-order valence-corrected chi connectivity index (χ1v) is 9.01. The number of benzene rings is 2. The predicted octanol–water partition coefficient (Wildman–Crippen LogP) is 4.30. The van der Waals surface area contributed by atoms with E-state index in [9.17, 15) is 4.79 Å². The molecule has 3 aromatic rings. The van der Waals surface area contributed by atoms with E-state index >= 15 is 0 Å². The van der Waals surface area contributed by atoms with Crippen LogP contribution in [0.2, 0.25) is 0 Å². The maximum Gasteiger partial charge on any atom is 0.220 e. The highest BCUT2D eigenvalue weighted by atomic mass is 16.1. The van der Waals surface area contributed by atoms with Gasteiger partial charge < -0.3 is 5.32 Å². The number of carbonyl (C=O) groups excluding carboxylic acids is 1. The third kappa shape index (κ3) is 4.02. The minimum Gasteiger partial charge on any atom is -0.350 e. The summed E-state index contributed by atoms with van der Waals surface area (Å²) in [6.45, 7) is 6.08. The summed E-state index contributed by atoms with van der Waals surface area (Å²) < 4.78 is 1.95. The molecule has 0 bridgehead atoms. The highest BCUT2D eigenvalue weighted by Gasteiger charge is 2.15. The number of carbonyl (C=O) groups is 1. The average Bonchev–Trinajstić information content (AvgIpc) is 2.95. The van der Waals surface area contributed by atoms with Gasteiger partial charge in [0, 0.05) is 12.1 Å². The molecule has 134 valence electrons. The molecule has 3 rings (SSSR count). The summed E-state index contributed by atoms with van der Waals surface area (Å²) in [5.41, 5.74) is 5.39. The van der Waals surface area contributed by atoms with E-state index < -0.39 is 0 Å². The fraction of sp³-hybridized carbons (Fsp3) is 0.273. The van der Waals surface area contributed by atoms with Crippen LogP contribution >= 0.6 is 0 Å². The summed E-state index contributed by atoms with van der Waals surface area (Å²) in [6.07, 6.45) is 1.15. The van der Waals surface area contributed by atoms with E-state index in [1.165, 1.54) is 0 Å². The standard InChI is InChI=1S/C22H25N3O/c1-16(19-10-6-4-7-11-19)23-22(26)15-14-21-17(2)24-25(18(21)3)20-12-8-5-9-13-20/h4-13,16H,14-15H2,1-3H3,(H,23,26)/t16-/m1/s1. The molecular weight excluding hydrogens is 322 g/mol. The lowest BCUT2D eigenvalue weighted by molar-refractivity contribution is -0.121. The number of amides is 1. The molecule has 0 spiro atoms. The SMILES string of the molecule is Cc1nn(-c2ccccc2)c(C)c1CCC(=O)N[C@H](C)c1ccccc1. The molecule has 0 aliphatic heterocycles. The lowest BCUT2D eigenvalue weighted by Crippen LogP contribution is -2.26. The Morgan fingerprint density at radius 1 is 1.04 bits per heavy atom. The lowest BCUT2D eigenvalue weighted by atomic mass is 10.1. The van der Waals surface area contributed by atoms with Crippen LogP contribution in [0.15, 0.2) is 60.7 Å². The number of hydrogen-bond acceptors (Lipinski definition) is 2. The molecule has 1 amide bonds. The van der Waals surface area contributed by atoms with Crippen LogP contribution in [0.1, 0.15) is 41.9 Å². The molecule has 4 heteroatoms. The van der Waals surface area contributed by atoms with Gasteiger partial charge in [0.1, 0.15) is 0 Å². The predicted molar refractivity (Wildman–Crippen MR) is 104 cm³/mol. The van der Waals surface area contributed by atoms with Gasteiger partial charge in [-0.05, 0) is 50.5 Å². The van der Waals surface area contributed by atoms with Crippen LogP contribution in [-0.2, 0) is 11.2 Å². The number of aromatic nitrogens is 2. The molecule has 1 heterocycles. The second-order valence-corrected chi connectivity index (χ2v) is 6.60. The molecule has 1 atom stereocenters. The van der Waals surface area contributed by atoms with Gasteiger partial charge in [0.05, 0.1) is 17.4 Å². The summed E-state index contributed by atoms with van der Waals surface area (Å²) in [7, 11) is 0. The van der Waals surface area contributed by atoms with Crippen molar-refractivity contribution in [2.24, 2.45) is 0 Å². The van der Waals surface area contributed by atoms with Crippen molar-refractivity contribution in [2.75, 3.05) is 0 Å². The highest BCUT2D eigenvalue weighted by molar-refractivity contribution is 5.76. The molecule has 0 saturated carbocycles. The molecule has 1 N–H and O–H groups in total. The monoisotopic (exact) mass is 347 g/mol. The van der Waals surface area contributed by atoms with E-state index in [1.54, 1.807) is 0 Å². The normalized spacial score (nSPS) is 12.0. The Labute approximate surface area is 154 Å². The van der Waals surface area contributed by atoms with Crippen molar-refractivity contribution >= 4 is 5.91 Å². The van der Waals surface area contributed by atoms with Gasteiger partial charge in [-0.25, -0.2) is 4.68 Å². The van der Waals surface area contributed by atoms with Crippen LogP contribution in [0.5, 0.6) is 0 Å². The van der Waals surface area contributed by atoms with Crippen LogP contribution in [-0.4, -0.2) is 15.7 Å². The first-order chi connectivity index (χ1) is 12.6. The van der Waals surface area contributed by atoms with Crippen molar-refractivity contribution in [3.63, 3.8) is 0 Å². The second-order valence-electron chi connectivity index (χ2n) is 6.60. The van der Waals surface area contributed by atoms with E-state index in [0.717, 1.165) is 28.2 Å². The Morgan fingerprint density at radius 3 is 2.31 bits per heavy atom. The van der Waals surface area contributed by atoms with Crippen LogP contribution in [0, 0.1) is 13.8 Å². The van der Waals surface area contributed by atoms with Gasteiger partial charge in [0.25, 0.3) is 0 Å². The molecule has 2 aromatic carbocycles. The minimum absolute atomic E-state index is 0.0120. The summed E-state index contributed by atoms with van der Waals surface area (Å²) in [5, 5.41) is 7.73. The lowest BCUT2D eigenvalue weighted by Gasteiger charge is -2.14. The number of hydrogen-bond donors (Lipinski definition) is 1. The number of nitrogens with one attached hydrogen (secondary N) is 1. The maximum atomic E-state index is 12.4. The van der Waals surface area contributed by atoms with Crippen LogP contribution in [0.25, 0.3) is 5.69 Å². The Balaban J connectivity index is 1.65. The molecule has 0 unspecified atom stereocenters. The average molecular weight is 347 g/mol. The summed E-state index contributed by atoms with van der Waals surface area (Å²) in [6, 6.07) is 20.1. The van der Waals surface area contributed by atoms with Gasteiger partial charge in [-0.1, -0.05) is 48.5 Å². The van der Waals surface area contributed by atoms with Crippen LogP contribution in [0.4, 0.5) is 0 Å². The fourth-order valence-corrected chi connectivity index (χ4v) is 3.23. The van der Waals surface area contributed by atoms with Gasteiger partial charge in [0.15, 0.2) is 0 Å². The fourth-order valence-electron chi connectivity index (χ4n) is 3.23. The maximum absolute atomic E-state index is 12.4. The molecule has 26 heavy (non-hydrogen) atoms. The minimum atomic E-state index is 0.0120. The van der Waals surface area contributed by atoms with Gasteiger partial charge in [-0.2, -0.15) is 5.10 Å². The van der Waals surface area contributed by atoms with Crippen molar-refractivity contribution < 1.29 is 4.79 Å². The number of rotatable bonds is 6. The topological polar surface area (TPSA) is 46.9 Å². The van der Waals surface area contributed by atoms with Crippen molar-refractivity contribution in [1.82, 2.24) is 15.1 Å². The Morgan fingerprint density at radius 2 is 1.65 bits per heavy atom. The second kappa shape index (κ2) is 8.00. The number of aryl methyl sites for hydroxylation is 1. The molecule has 4 nitrogen and oxygen atoms in total. The molecule has 0 fully saturated rings. The van der Waals surface area contributed by atoms with E-state index in [-0.39, 0.29) is 11.9 Å². The molecule has 0 radical (unpaired) electrons. The highest BCUT2D eigenvalue weighted by Crippen LogP contribution is 2.19. The number of nitrogens with zero attached hydrogens (tertiary/aromatic N) is 2. The van der Waals surface area contributed by atoms with Gasteiger partial charge in [-0.15, -0.1) is 0 Å². The molecular formula is C22H25N3O. The van der Waals surface area contributed by atoms with Gasteiger partial charge in [-0.3, -0.25) is 4.79 Å². The molecule has 1 aromatic heterocycles. The zero-order chi connectivity index (χ0) is 18.5. The summed E-state index contributed by atoms with van der Waals surface area (Å²) >= 11 is 0. The largest absolute Gasteiger partial charge is 0.350 e. The first-order valence-electron chi connectivity index (χ1n) is 9.01. The zero-order valence-electron chi connectivity index (χ0n) is 15.6. The molecule has 0 aliphatic carbocycles. The van der Waals surface area contributed by atoms with E-state index in [2.05, 4.69) is 17.3 Å². The third-order valence-corrected chi connectivity index (χ3v) is 4.72. The van der Waals surface area contributed by atoms with Gasteiger partial charge >= 0.3 is 0 Å². The Kier molecular flexibility index (Phi) is 5.52. The first kappa shape index (κ1) is 17.9. The zero-order valence-corrected chi connectivity index (χ0v) is 15.6. The van der Waals surface area contributed by atoms with Crippen molar-refractivity contribution in [3.8, 4) is 5.69 Å². The van der Waals surface area contributed by atoms with E-state index in [1.807, 2.05) is 79.2 Å².